The summed E-state index contributed by atoms with van der Waals surface area (Å²) in [5.41, 5.74) is -0.622. The van der Waals surface area contributed by atoms with Gasteiger partial charge in [-0.25, -0.2) is 9.59 Å². The van der Waals surface area contributed by atoms with E-state index >= 15 is 0 Å². The SMILES string of the molecule is CC(C)(C)OC(=O)N1[C@H](C(=O)O)CSC1(C)C. The maximum Gasteiger partial charge on any atom is 0.412 e. The number of carboxylic acids is 1. The van der Waals surface area contributed by atoms with E-state index in [1.165, 1.54) is 16.7 Å². The molecule has 17 heavy (non-hydrogen) atoms. The Labute approximate surface area is 105 Å². The number of nitrogens with zero attached hydrogens (tertiary/aromatic N) is 1. The van der Waals surface area contributed by atoms with Gasteiger partial charge in [-0.3, -0.25) is 4.90 Å². The molecular weight excluding hydrogens is 242 g/mol. The van der Waals surface area contributed by atoms with Gasteiger partial charge in [-0.2, -0.15) is 0 Å². The topological polar surface area (TPSA) is 66.8 Å². The number of hydrogen-bond acceptors (Lipinski definition) is 4. The third-order valence-electron chi connectivity index (χ3n) is 2.36. The van der Waals surface area contributed by atoms with E-state index in [1.807, 2.05) is 13.8 Å². The molecule has 1 atom stereocenters. The predicted molar refractivity (Wildman–Crippen MR) is 66.0 cm³/mol. The van der Waals surface area contributed by atoms with Crippen molar-refractivity contribution in [1.29, 1.82) is 0 Å². The summed E-state index contributed by atoms with van der Waals surface area (Å²) in [5.74, 6) is -0.601. The van der Waals surface area contributed by atoms with Gasteiger partial charge in [0.05, 0.1) is 4.87 Å². The number of amides is 1. The molecule has 1 fully saturated rings. The van der Waals surface area contributed by atoms with Gasteiger partial charge in [-0.1, -0.05) is 0 Å². The summed E-state index contributed by atoms with van der Waals surface area (Å²) in [6, 6.07) is -0.815. The highest BCUT2D eigenvalue weighted by atomic mass is 32.2. The zero-order chi connectivity index (χ0) is 13.4. The zero-order valence-electron chi connectivity index (χ0n) is 10.8. The summed E-state index contributed by atoms with van der Waals surface area (Å²) in [5, 5.41) is 9.10. The molecule has 0 bridgehead atoms. The van der Waals surface area contributed by atoms with E-state index < -0.39 is 28.6 Å². The van der Waals surface area contributed by atoms with E-state index in [0.29, 0.717) is 5.75 Å². The molecule has 1 N–H and O–H groups in total. The minimum atomic E-state index is -0.992. The number of carbonyl (C=O) groups excluding carboxylic acids is 1. The molecule has 1 amide bonds. The Bertz CT molecular complexity index is 335. The molecular formula is C11H19NO4S. The van der Waals surface area contributed by atoms with Crippen LogP contribution in [0.2, 0.25) is 0 Å². The largest absolute Gasteiger partial charge is 0.480 e. The monoisotopic (exact) mass is 261 g/mol. The first-order valence-electron chi connectivity index (χ1n) is 5.44. The first kappa shape index (κ1) is 14.2. The lowest BCUT2D eigenvalue weighted by molar-refractivity contribution is -0.142. The first-order chi connectivity index (χ1) is 7.54. The van der Waals surface area contributed by atoms with Crippen molar-refractivity contribution < 1.29 is 19.4 Å². The van der Waals surface area contributed by atoms with Crippen molar-refractivity contribution in [3.8, 4) is 0 Å². The van der Waals surface area contributed by atoms with Crippen LogP contribution in [-0.4, -0.2) is 44.3 Å². The average Bonchev–Trinajstić information content (AvgIpc) is 2.37. The van der Waals surface area contributed by atoms with Crippen molar-refractivity contribution >= 4 is 23.8 Å². The van der Waals surface area contributed by atoms with Gasteiger partial charge in [-0.05, 0) is 34.6 Å². The third kappa shape index (κ3) is 3.28. The van der Waals surface area contributed by atoms with Crippen LogP contribution in [0.4, 0.5) is 4.79 Å². The molecule has 0 unspecified atom stereocenters. The standard InChI is InChI=1S/C11H19NO4S/c1-10(2,3)16-9(15)12-7(8(13)14)6-17-11(12,4)5/h7H,6H2,1-5H3,(H,13,14)/t7-/m0/s1. The number of rotatable bonds is 1. The van der Waals surface area contributed by atoms with Gasteiger partial charge in [0.15, 0.2) is 0 Å². The lowest BCUT2D eigenvalue weighted by Crippen LogP contribution is -2.51. The second-order valence-electron chi connectivity index (χ2n) is 5.46. The Hall–Kier alpha value is -0.910. The maximum absolute atomic E-state index is 12.0. The molecule has 1 heterocycles. The smallest absolute Gasteiger partial charge is 0.412 e. The molecule has 0 aromatic rings. The fourth-order valence-electron chi connectivity index (χ4n) is 1.64. The van der Waals surface area contributed by atoms with Crippen molar-refractivity contribution in [2.75, 3.05) is 5.75 Å². The Balaban J connectivity index is 2.90. The van der Waals surface area contributed by atoms with Gasteiger partial charge in [-0.15, -0.1) is 11.8 Å². The van der Waals surface area contributed by atoms with E-state index in [1.54, 1.807) is 20.8 Å². The van der Waals surface area contributed by atoms with E-state index in [2.05, 4.69) is 0 Å². The molecule has 0 spiro atoms. The van der Waals surface area contributed by atoms with E-state index in [0.717, 1.165) is 0 Å². The normalized spacial score (nSPS) is 23.6. The van der Waals surface area contributed by atoms with Gasteiger partial charge in [0.2, 0.25) is 0 Å². The van der Waals surface area contributed by atoms with Crippen LogP contribution >= 0.6 is 11.8 Å². The summed E-state index contributed by atoms with van der Waals surface area (Å²) < 4.78 is 5.25. The second-order valence-corrected chi connectivity index (χ2v) is 7.08. The Morgan fingerprint density at radius 1 is 1.41 bits per heavy atom. The number of aliphatic carboxylic acids is 1. The molecule has 98 valence electrons. The van der Waals surface area contributed by atoms with E-state index in [-0.39, 0.29) is 0 Å². The summed E-state index contributed by atoms with van der Waals surface area (Å²) in [7, 11) is 0. The molecule has 1 saturated heterocycles. The Kier molecular flexibility index (Phi) is 3.66. The molecule has 1 aliphatic rings. The van der Waals surface area contributed by atoms with Crippen LogP contribution in [-0.2, 0) is 9.53 Å². The second kappa shape index (κ2) is 4.40. The first-order valence-corrected chi connectivity index (χ1v) is 6.42. The number of thioether (sulfide) groups is 1. The van der Waals surface area contributed by atoms with Crippen LogP contribution in [0.5, 0.6) is 0 Å². The highest BCUT2D eigenvalue weighted by Gasteiger charge is 2.48. The average molecular weight is 261 g/mol. The summed E-state index contributed by atoms with van der Waals surface area (Å²) in [6.45, 7) is 8.93. The quantitative estimate of drug-likeness (QED) is 0.783. The van der Waals surface area contributed by atoms with E-state index in [9.17, 15) is 9.59 Å². The summed E-state index contributed by atoms with van der Waals surface area (Å²) >= 11 is 1.44. The Morgan fingerprint density at radius 3 is 2.35 bits per heavy atom. The van der Waals surface area contributed by atoms with Crippen LogP contribution in [0.1, 0.15) is 34.6 Å². The minimum absolute atomic E-state index is 0.390. The minimum Gasteiger partial charge on any atom is -0.480 e. The van der Waals surface area contributed by atoms with Gasteiger partial charge in [0.1, 0.15) is 11.6 Å². The Morgan fingerprint density at radius 2 is 1.94 bits per heavy atom. The van der Waals surface area contributed by atoms with Crippen LogP contribution in [0.25, 0.3) is 0 Å². The van der Waals surface area contributed by atoms with Crippen molar-refractivity contribution in [1.82, 2.24) is 4.90 Å². The molecule has 0 aromatic heterocycles. The fraction of sp³-hybridized carbons (Fsp3) is 0.818. The number of carboxylic acid groups (broad SMARTS) is 1. The lowest BCUT2D eigenvalue weighted by atomic mass is 10.2. The highest BCUT2D eigenvalue weighted by Crippen LogP contribution is 2.39. The molecule has 6 heteroatoms. The number of carbonyl (C=O) groups is 2. The molecule has 1 aliphatic heterocycles. The third-order valence-corrected chi connectivity index (χ3v) is 3.75. The predicted octanol–water partition coefficient (Wildman–Crippen LogP) is 2.16. The highest BCUT2D eigenvalue weighted by molar-refractivity contribution is 8.00. The summed E-state index contributed by atoms with van der Waals surface area (Å²) in [4.78, 5) is 23.9. The molecule has 5 nitrogen and oxygen atoms in total. The van der Waals surface area contributed by atoms with Crippen LogP contribution < -0.4 is 0 Å². The van der Waals surface area contributed by atoms with Crippen LogP contribution in [0, 0.1) is 0 Å². The van der Waals surface area contributed by atoms with Crippen LogP contribution in [0.15, 0.2) is 0 Å². The van der Waals surface area contributed by atoms with E-state index in [4.69, 9.17) is 9.84 Å². The lowest BCUT2D eigenvalue weighted by Gasteiger charge is -2.34. The zero-order valence-corrected chi connectivity index (χ0v) is 11.6. The molecule has 0 radical (unpaired) electrons. The van der Waals surface area contributed by atoms with Crippen molar-refractivity contribution in [3.63, 3.8) is 0 Å². The number of ether oxygens (including phenoxy) is 1. The number of hydrogen-bond donors (Lipinski definition) is 1. The fourth-order valence-corrected chi connectivity index (χ4v) is 2.84. The van der Waals surface area contributed by atoms with Gasteiger partial charge in [0.25, 0.3) is 0 Å². The summed E-state index contributed by atoms with van der Waals surface area (Å²) in [6.07, 6.45) is -0.570. The molecule has 0 saturated carbocycles. The maximum atomic E-state index is 12.0. The molecule has 0 aromatic carbocycles. The van der Waals surface area contributed by atoms with Crippen molar-refractivity contribution in [3.05, 3.63) is 0 Å². The molecule has 1 rings (SSSR count). The van der Waals surface area contributed by atoms with Crippen molar-refractivity contribution in [2.45, 2.75) is 51.1 Å². The van der Waals surface area contributed by atoms with Gasteiger partial charge in [0, 0.05) is 5.75 Å². The van der Waals surface area contributed by atoms with Gasteiger partial charge >= 0.3 is 12.1 Å². The van der Waals surface area contributed by atoms with Crippen LogP contribution in [0.3, 0.4) is 0 Å². The van der Waals surface area contributed by atoms with Gasteiger partial charge < -0.3 is 9.84 Å². The van der Waals surface area contributed by atoms with Crippen molar-refractivity contribution in [2.24, 2.45) is 0 Å². The molecule has 0 aliphatic carbocycles.